The zero-order chi connectivity index (χ0) is 16.4. The molecule has 4 nitrogen and oxygen atoms in total. The highest BCUT2D eigenvalue weighted by Crippen LogP contribution is 2.42. The lowest BCUT2D eigenvalue weighted by Gasteiger charge is -2.23. The van der Waals surface area contributed by atoms with Crippen LogP contribution in [0.3, 0.4) is 0 Å². The van der Waals surface area contributed by atoms with Gasteiger partial charge in [0.05, 0.1) is 18.8 Å². The lowest BCUT2D eigenvalue weighted by molar-refractivity contribution is 0.0580. The molecule has 0 aliphatic heterocycles. The van der Waals surface area contributed by atoms with E-state index in [1.54, 1.807) is 0 Å². The van der Waals surface area contributed by atoms with Crippen molar-refractivity contribution in [1.29, 1.82) is 1.28 Å². The Morgan fingerprint density at radius 3 is 2.29 bits per heavy atom. The van der Waals surface area contributed by atoms with Crippen LogP contribution in [0.25, 0.3) is 0 Å². The molecule has 5 heteroatoms. The van der Waals surface area contributed by atoms with Crippen molar-refractivity contribution >= 4 is 8.98 Å². The summed E-state index contributed by atoms with van der Waals surface area (Å²) in [6.07, 6.45) is 1.47. The van der Waals surface area contributed by atoms with Crippen LogP contribution in [0.4, 0.5) is 0 Å². The first-order valence-electron chi connectivity index (χ1n) is 8.67. The van der Waals surface area contributed by atoms with Gasteiger partial charge in [-0.15, -0.1) is 0 Å². The van der Waals surface area contributed by atoms with Crippen LogP contribution in [0.2, 0.25) is 0 Å². The van der Waals surface area contributed by atoms with Crippen LogP contribution in [0.15, 0.2) is 0 Å². The van der Waals surface area contributed by atoms with E-state index in [0.29, 0.717) is 30.3 Å². The van der Waals surface area contributed by atoms with Gasteiger partial charge in [-0.1, -0.05) is 27.7 Å². The van der Waals surface area contributed by atoms with Crippen LogP contribution in [-0.2, 0) is 9.05 Å². The fraction of sp³-hybridized carbons (Fsp3) is 1.00. The summed E-state index contributed by atoms with van der Waals surface area (Å²) in [5.74, 6) is 1.85. The van der Waals surface area contributed by atoms with E-state index in [2.05, 4.69) is 27.7 Å². The number of hydrogen-bond donors (Lipinski definition) is 2. The molecule has 0 aromatic heterocycles. The SMILES string of the molecule is [3H]P(OCC1CC(C)C(C)C1O)OC1C(CO)CC(C)C1C. The molecule has 2 aliphatic rings. The van der Waals surface area contributed by atoms with Crippen molar-refractivity contribution in [3.63, 3.8) is 0 Å². The highest BCUT2D eigenvalue weighted by molar-refractivity contribution is 7.26. The molecule has 2 fully saturated rings. The Labute approximate surface area is 131 Å². The highest BCUT2D eigenvalue weighted by Gasteiger charge is 2.39. The van der Waals surface area contributed by atoms with Crippen molar-refractivity contribution in [1.82, 2.24) is 0 Å². The average molecular weight is 320 g/mol. The molecule has 0 bridgehead atoms. The fourth-order valence-electron chi connectivity index (χ4n) is 3.91. The molecule has 2 aliphatic carbocycles. The second-order valence-corrected chi connectivity index (χ2v) is 7.90. The largest absolute Gasteiger partial charge is 0.396 e. The maximum atomic E-state index is 10.2. The molecule has 0 heterocycles. The van der Waals surface area contributed by atoms with Crippen molar-refractivity contribution in [2.24, 2.45) is 35.5 Å². The maximum absolute atomic E-state index is 10.2. The molecule has 21 heavy (non-hydrogen) atoms. The van der Waals surface area contributed by atoms with E-state index in [0.717, 1.165) is 12.8 Å². The minimum absolute atomic E-state index is 0.0880. The number of rotatable bonds is 6. The Morgan fingerprint density at radius 1 is 1.10 bits per heavy atom. The van der Waals surface area contributed by atoms with Gasteiger partial charge in [-0.05, 0) is 36.5 Å². The van der Waals surface area contributed by atoms with Crippen LogP contribution in [0.5, 0.6) is 0 Å². The quantitative estimate of drug-likeness (QED) is 0.739. The minimum atomic E-state index is -1.71. The van der Waals surface area contributed by atoms with Gasteiger partial charge in [0.15, 0.2) is 8.98 Å². The standard InChI is InChI=1S/C16H31O4P/c1-9-6-14(15(18)11(9)3)8-19-21-20-16-12(4)10(2)5-13(16)7-17/h9-18,21H,5-8H2,1-4H3/i21T. The molecule has 124 valence electrons. The maximum Gasteiger partial charge on any atom is 0.155 e. The van der Waals surface area contributed by atoms with Crippen LogP contribution in [0, 0.1) is 35.5 Å². The van der Waals surface area contributed by atoms with Gasteiger partial charge in [0.2, 0.25) is 0 Å². The predicted molar refractivity (Wildman–Crippen MR) is 85.1 cm³/mol. The second kappa shape index (κ2) is 7.70. The van der Waals surface area contributed by atoms with Crippen molar-refractivity contribution < 1.29 is 19.3 Å². The van der Waals surface area contributed by atoms with Gasteiger partial charge in [-0.3, -0.25) is 0 Å². The van der Waals surface area contributed by atoms with Gasteiger partial charge >= 0.3 is 0 Å². The van der Waals surface area contributed by atoms with E-state index < -0.39 is 8.98 Å². The Bertz CT molecular complexity index is 359. The van der Waals surface area contributed by atoms with Gasteiger partial charge < -0.3 is 19.3 Å². The predicted octanol–water partition coefficient (Wildman–Crippen LogP) is 2.83. The summed E-state index contributed by atoms with van der Waals surface area (Å²) >= 11 is 0. The normalized spacial score (nSPS) is 49.3. The van der Waals surface area contributed by atoms with Crippen molar-refractivity contribution in [2.75, 3.05) is 13.2 Å². The molecule has 0 aromatic rings. The van der Waals surface area contributed by atoms with Crippen LogP contribution >= 0.6 is 8.98 Å². The lowest BCUT2D eigenvalue weighted by Crippen LogP contribution is -2.25. The molecule has 0 radical (unpaired) electrons. The fourth-order valence-corrected chi connectivity index (χ4v) is 4.69. The molecule has 0 amide bonds. The average Bonchev–Trinajstić information content (AvgIpc) is 2.90. The first-order chi connectivity index (χ1) is 10.3. The van der Waals surface area contributed by atoms with Gasteiger partial charge in [-0.25, -0.2) is 0 Å². The van der Waals surface area contributed by atoms with Gasteiger partial charge in [0, 0.05) is 18.4 Å². The Kier molecular flexibility index (Phi) is 5.92. The molecule has 0 saturated heterocycles. The summed E-state index contributed by atoms with van der Waals surface area (Å²) in [5, 5.41) is 19.6. The van der Waals surface area contributed by atoms with Crippen LogP contribution in [0.1, 0.15) is 40.5 Å². The third kappa shape index (κ3) is 3.97. The summed E-state index contributed by atoms with van der Waals surface area (Å²) in [6.45, 7) is 9.02. The summed E-state index contributed by atoms with van der Waals surface area (Å²) < 4.78 is 19.5. The van der Waals surface area contributed by atoms with E-state index in [1.165, 1.54) is 0 Å². The summed E-state index contributed by atoms with van der Waals surface area (Å²) in [7, 11) is -1.71. The van der Waals surface area contributed by atoms with E-state index >= 15 is 0 Å². The van der Waals surface area contributed by atoms with Crippen LogP contribution in [-0.4, -0.2) is 36.9 Å². The number of aliphatic hydroxyl groups is 2. The summed E-state index contributed by atoms with van der Waals surface area (Å²) in [5.41, 5.74) is 0. The van der Waals surface area contributed by atoms with Gasteiger partial charge in [0.1, 0.15) is 1.28 Å². The summed E-state index contributed by atoms with van der Waals surface area (Å²) in [4.78, 5) is 0. The molecule has 9 unspecified atom stereocenters. The second-order valence-electron chi connectivity index (χ2n) is 7.28. The highest BCUT2D eigenvalue weighted by atomic mass is 31.1. The minimum Gasteiger partial charge on any atom is -0.396 e. The first kappa shape index (κ1) is 16.1. The number of aliphatic hydroxyl groups excluding tert-OH is 2. The van der Waals surface area contributed by atoms with Crippen molar-refractivity contribution in [2.45, 2.75) is 52.7 Å². The smallest absolute Gasteiger partial charge is 0.155 e. The molecular weight excluding hydrogens is 287 g/mol. The lowest BCUT2D eigenvalue weighted by atomic mass is 9.99. The monoisotopic (exact) mass is 320 g/mol. The Morgan fingerprint density at radius 2 is 1.71 bits per heavy atom. The van der Waals surface area contributed by atoms with Gasteiger partial charge in [0.25, 0.3) is 0 Å². The molecule has 0 spiro atoms. The van der Waals surface area contributed by atoms with Crippen molar-refractivity contribution in [3.8, 4) is 0 Å². The van der Waals surface area contributed by atoms with E-state index in [4.69, 9.17) is 10.3 Å². The molecule has 2 N–H and O–H groups in total. The molecule has 2 saturated carbocycles. The van der Waals surface area contributed by atoms with E-state index in [1.807, 2.05) is 0 Å². The third-order valence-corrected chi connectivity index (χ3v) is 6.47. The Hall–Kier alpha value is 0.270. The van der Waals surface area contributed by atoms with E-state index in [-0.39, 0.29) is 30.7 Å². The van der Waals surface area contributed by atoms with E-state index in [9.17, 15) is 10.2 Å². The molecular formula is C16H31O4P. The van der Waals surface area contributed by atoms with Crippen molar-refractivity contribution in [3.05, 3.63) is 0 Å². The van der Waals surface area contributed by atoms with Gasteiger partial charge in [-0.2, -0.15) is 0 Å². The number of hydrogen-bond acceptors (Lipinski definition) is 4. The van der Waals surface area contributed by atoms with Crippen LogP contribution < -0.4 is 0 Å². The zero-order valence-corrected chi connectivity index (χ0v) is 14.5. The first-order valence-corrected chi connectivity index (χ1v) is 8.95. The summed E-state index contributed by atoms with van der Waals surface area (Å²) in [6, 6.07) is 0. The Balaban J connectivity index is 1.79. The molecule has 2 rings (SSSR count). The molecule has 0 aromatic carbocycles. The topological polar surface area (TPSA) is 58.9 Å². The zero-order valence-electron chi connectivity index (χ0n) is 14.6. The molecule has 9 atom stereocenters. The third-order valence-electron chi connectivity index (χ3n) is 5.89.